The van der Waals surface area contributed by atoms with Crippen molar-refractivity contribution in [1.82, 2.24) is 15.5 Å². The van der Waals surface area contributed by atoms with Gasteiger partial charge in [0.25, 0.3) is 0 Å². The minimum Gasteiger partial charge on any atom is -0.370 e. The Balaban J connectivity index is 0.00000338. The standard InChI is InChI=1S/C18H28FN5O.HI/c1-2-24-10-4-7-16(24)13-23-18(20)22-9-8-21-17(25)12-14-5-3-6-15(19)11-14;/h3,5-6,11,16H,2,4,7-10,12-13H2,1H3,(H,21,25)(H3,20,22,23);1H. The van der Waals surface area contributed by atoms with E-state index in [-0.39, 0.29) is 42.1 Å². The quantitative estimate of drug-likeness (QED) is 0.229. The van der Waals surface area contributed by atoms with Crippen molar-refractivity contribution in [3.8, 4) is 0 Å². The van der Waals surface area contributed by atoms with Crippen LogP contribution < -0.4 is 16.4 Å². The van der Waals surface area contributed by atoms with Crippen LogP contribution in [0.4, 0.5) is 4.39 Å². The number of nitrogens with zero attached hydrogens (tertiary/aromatic N) is 2. The van der Waals surface area contributed by atoms with E-state index in [0.29, 0.717) is 37.2 Å². The van der Waals surface area contributed by atoms with Gasteiger partial charge in [-0.2, -0.15) is 0 Å². The minimum absolute atomic E-state index is 0. The van der Waals surface area contributed by atoms with Gasteiger partial charge in [0.05, 0.1) is 13.0 Å². The molecule has 0 bridgehead atoms. The Kier molecular flexibility index (Phi) is 10.5. The van der Waals surface area contributed by atoms with Crippen LogP contribution in [0.2, 0.25) is 0 Å². The van der Waals surface area contributed by atoms with Gasteiger partial charge < -0.3 is 16.4 Å². The Morgan fingerprint density at radius 1 is 1.38 bits per heavy atom. The lowest BCUT2D eigenvalue weighted by Gasteiger charge is -2.20. The van der Waals surface area contributed by atoms with Gasteiger partial charge in [0, 0.05) is 19.1 Å². The first-order valence-electron chi connectivity index (χ1n) is 8.87. The van der Waals surface area contributed by atoms with Gasteiger partial charge in [-0.25, -0.2) is 4.39 Å². The molecule has 1 aliphatic rings. The molecule has 0 aromatic heterocycles. The average molecular weight is 477 g/mol. The summed E-state index contributed by atoms with van der Waals surface area (Å²) < 4.78 is 13.1. The topological polar surface area (TPSA) is 82.8 Å². The Morgan fingerprint density at radius 2 is 2.15 bits per heavy atom. The predicted octanol–water partition coefficient (Wildman–Crippen LogP) is 1.49. The third-order valence-electron chi connectivity index (χ3n) is 4.38. The number of carbonyl (C=O) groups excluding carboxylic acids is 1. The molecule has 0 radical (unpaired) electrons. The fourth-order valence-electron chi connectivity index (χ4n) is 3.07. The molecular weight excluding hydrogens is 448 g/mol. The third kappa shape index (κ3) is 7.86. The summed E-state index contributed by atoms with van der Waals surface area (Å²) in [6.07, 6.45) is 2.55. The highest BCUT2D eigenvalue weighted by Crippen LogP contribution is 2.16. The van der Waals surface area contributed by atoms with Crippen molar-refractivity contribution in [2.75, 3.05) is 32.7 Å². The van der Waals surface area contributed by atoms with Gasteiger partial charge in [0.15, 0.2) is 5.96 Å². The van der Waals surface area contributed by atoms with E-state index < -0.39 is 0 Å². The lowest BCUT2D eigenvalue weighted by Crippen LogP contribution is -2.40. The molecule has 26 heavy (non-hydrogen) atoms. The predicted molar refractivity (Wildman–Crippen MR) is 113 cm³/mol. The van der Waals surface area contributed by atoms with Crippen molar-refractivity contribution in [2.24, 2.45) is 10.7 Å². The smallest absolute Gasteiger partial charge is 0.224 e. The fraction of sp³-hybridized carbons (Fsp3) is 0.556. The normalized spacial score (nSPS) is 17.6. The molecule has 1 atom stereocenters. The molecule has 1 aromatic rings. The maximum atomic E-state index is 13.1. The number of carbonyl (C=O) groups is 1. The zero-order valence-corrected chi connectivity index (χ0v) is 17.5. The highest BCUT2D eigenvalue weighted by molar-refractivity contribution is 14.0. The van der Waals surface area contributed by atoms with Gasteiger partial charge in [0.1, 0.15) is 5.82 Å². The van der Waals surface area contributed by atoms with Crippen molar-refractivity contribution in [2.45, 2.75) is 32.2 Å². The second-order valence-electron chi connectivity index (χ2n) is 6.23. The molecule has 1 aromatic carbocycles. The number of likely N-dealkylation sites (N-methyl/N-ethyl adjacent to an activating group) is 1. The summed E-state index contributed by atoms with van der Waals surface area (Å²) in [5.74, 6) is -0.0744. The van der Waals surface area contributed by atoms with E-state index in [0.717, 1.165) is 13.1 Å². The lowest BCUT2D eigenvalue weighted by atomic mass is 10.1. The fourth-order valence-corrected chi connectivity index (χ4v) is 3.07. The van der Waals surface area contributed by atoms with Crippen molar-refractivity contribution >= 4 is 35.8 Å². The van der Waals surface area contributed by atoms with Crippen molar-refractivity contribution in [3.63, 3.8) is 0 Å². The molecule has 1 heterocycles. The van der Waals surface area contributed by atoms with E-state index >= 15 is 0 Å². The molecular formula is C18H29FIN5O. The number of hydrogen-bond acceptors (Lipinski definition) is 3. The Bertz CT molecular complexity index is 599. The van der Waals surface area contributed by atoms with E-state index in [1.807, 2.05) is 0 Å². The number of rotatable bonds is 8. The number of nitrogens with one attached hydrogen (secondary N) is 2. The van der Waals surface area contributed by atoms with Gasteiger partial charge in [-0.05, 0) is 43.6 Å². The number of nitrogens with two attached hydrogens (primary N) is 1. The van der Waals surface area contributed by atoms with Crippen LogP contribution in [0, 0.1) is 5.82 Å². The molecule has 1 saturated heterocycles. The first kappa shape index (κ1) is 22.6. The van der Waals surface area contributed by atoms with Crippen LogP contribution >= 0.6 is 24.0 Å². The molecule has 0 spiro atoms. The SMILES string of the molecule is CCN1CCCC1CN=C(N)NCCNC(=O)Cc1cccc(F)c1.I. The van der Waals surface area contributed by atoms with E-state index in [4.69, 9.17) is 5.73 Å². The van der Waals surface area contributed by atoms with E-state index in [1.54, 1.807) is 12.1 Å². The largest absolute Gasteiger partial charge is 0.370 e. The highest BCUT2D eigenvalue weighted by atomic mass is 127. The summed E-state index contributed by atoms with van der Waals surface area (Å²) in [5, 5.41) is 5.78. The van der Waals surface area contributed by atoms with Crippen molar-refractivity contribution in [3.05, 3.63) is 35.6 Å². The molecule has 4 N–H and O–H groups in total. The molecule has 6 nitrogen and oxygen atoms in total. The lowest BCUT2D eigenvalue weighted by molar-refractivity contribution is -0.120. The average Bonchev–Trinajstić information content (AvgIpc) is 3.04. The van der Waals surface area contributed by atoms with Crippen LogP contribution in [0.1, 0.15) is 25.3 Å². The number of guanidine groups is 1. The summed E-state index contributed by atoms with van der Waals surface area (Å²) in [4.78, 5) is 18.6. The molecule has 0 saturated carbocycles. The van der Waals surface area contributed by atoms with Gasteiger partial charge in [-0.1, -0.05) is 19.1 Å². The minimum atomic E-state index is -0.333. The second kappa shape index (κ2) is 12.1. The molecule has 8 heteroatoms. The maximum Gasteiger partial charge on any atom is 0.224 e. The van der Waals surface area contributed by atoms with Crippen LogP contribution in [-0.4, -0.2) is 55.5 Å². The highest BCUT2D eigenvalue weighted by Gasteiger charge is 2.22. The molecule has 0 aliphatic carbocycles. The van der Waals surface area contributed by atoms with Crippen molar-refractivity contribution in [1.29, 1.82) is 0 Å². The maximum absolute atomic E-state index is 13.1. The number of amides is 1. The first-order valence-corrected chi connectivity index (χ1v) is 8.87. The number of benzene rings is 1. The summed E-state index contributed by atoms with van der Waals surface area (Å²) in [5.41, 5.74) is 6.52. The Hall–Kier alpha value is -1.42. The number of aliphatic imine (C=N–C) groups is 1. The molecule has 1 aliphatic heterocycles. The summed E-state index contributed by atoms with van der Waals surface area (Å²) in [6.45, 7) is 6.00. The number of halogens is 2. The van der Waals surface area contributed by atoms with Crippen LogP contribution in [0.25, 0.3) is 0 Å². The molecule has 1 fully saturated rings. The molecule has 1 amide bonds. The Morgan fingerprint density at radius 3 is 2.88 bits per heavy atom. The molecule has 1 unspecified atom stereocenters. The molecule has 2 rings (SSSR count). The summed E-state index contributed by atoms with van der Waals surface area (Å²) in [6, 6.07) is 6.54. The summed E-state index contributed by atoms with van der Waals surface area (Å²) in [7, 11) is 0. The van der Waals surface area contributed by atoms with Crippen LogP contribution in [0.5, 0.6) is 0 Å². The molecule has 146 valence electrons. The van der Waals surface area contributed by atoms with E-state index in [1.165, 1.54) is 25.0 Å². The van der Waals surface area contributed by atoms with Gasteiger partial charge in [-0.3, -0.25) is 14.7 Å². The van der Waals surface area contributed by atoms with Crippen LogP contribution in [0.3, 0.4) is 0 Å². The van der Waals surface area contributed by atoms with Gasteiger partial charge >= 0.3 is 0 Å². The monoisotopic (exact) mass is 477 g/mol. The number of hydrogen-bond donors (Lipinski definition) is 3. The van der Waals surface area contributed by atoms with Gasteiger partial charge in [-0.15, -0.1) is 24.0 Å². The van der Waals surface area contributed by atoms with Crippen LogP contribution in [0.15, 0.2) is 29.3 Å². The van der Waals surface area contributed by atoms with Gasteiger partial charge in [0.2, 0.25) is 5.91 Å². The summed E-state index contributed by atoms with van der Waals surface area (Å²) >= 11 is 0. The van der Waals surface area contributed by atoms with E-state index in [9.17, 15) is 9.18 Å². The Labute approximate surface area is 171 Å². The zero-order chi connectivity index (χ0) is 18.1. The second-order valence-corrected chi connectivity index (χ2v) is 6.23. The van der Waals surface area contributed by atoms with Crippen LogP contribution in [-0.2, 0) is 11.2 Å². The number of likely N-dealkylation sites (tertiary alicyclic amines) is 1. The van der Waals surface area contributed by atoms with Crippen molar-refractivity contribution < 1.29 is 9.18 Å². The third-order valence-corrected chi connectivity index (χ3v) is 4.38. The first-order chi connectivity index (χ1) is 12.1. The van der Waals surface area contributed by atoms with E-state index in [2.05, 4.69) is 27.4 Å². The zero-order valence-electron chi connectivity index (χ0n) is 15.2.